The molecule has 0 saturated carbocycles. The minimum atomic E-state index is -3.84. The van der Waals surface area contributed by atoms with Crippen LogP contribution in [0.25, 0.3) is 0 Å². The maximum atomic E-state index is 12.2. The van der Waals surface area contributed by atoms with E-state index in [0.717, 1.165) is 11.1 Å². The Labute approximate surface area is 118 Å². The average molecular weight is 319 g/mol. The molecule has 2 N–H and O–H groups in total. The second-order valence-corrected chi connectivity index (χ2v) is 8.99. The Balaban J connectivity index is 2.26. The Morgan fingerprint density at radius 1 is 1.20 bits per heavy atom. The molecule has 1 aliphatic heterocycles. The van der Waals surface area contributed by atoms with E-state index in [4.69, 9.17) is 0 Å². The summed E-state index contributed by atoms with van der Waals surface area (Å²) in [5.74, 6) is -0.786. The van der Waals surface area contributed by atoms with Crippen LogP contribution in [0.2, 0.25) is 0 Å². The number of nitrogens with one attached hydrogen (secondary N) is 1. The van der Waals surface area contributed by atoms with Crippen LogP contribution in [0, 0.1) is 13.8 Å². The SMILES string of the molecule is Cc1ccc(S(=O)(=O)N[C@@H]2CS(=O)(=O)C[C@H]2O)cc1C. The number of hydrogen-bond donors (Lipinski definition) is 2. The molecule has 20 heavy (non-hydrogen) atoms. The molecule has 0 unspecified atom stereocenters. The molecule has 1 aromatic rings. The Hall–Kier alpha value is -0.960. The molecule has 0 spiro atoms. The molecule has 1 aromatic carbocycles. The van der Waals surface area contributed by atoms with Gasteiger partial charge in [0, 0.05) is 0 Å². The van der Waals surface area contributed by atoms with Gasteiger partial charge in [0.1, 0.15) is 0 Å². The number of aliphatic hydroxyl groups is 1. The van der Waals surface area contributed by atoms with E-state index < -0.39 is 37.8 Å². The number of sulfone groups is 1. The zero-order valence-corrected chi connectivity index (χ0v) is 12.8. The van der Waals surface area contributed by atoms with E-state index in [9.17, 15) is 21.9 Å². The second-order valence-electron chi connectivity index (χ2n) is 5.12. The van der Waals surface area contributed by atoms with E-state index in [1.54, 1.807) is 13.0 Å². The molecule has 0 amide bonds. The van der Waals surface area contributed by atoms with Crippen LogP contribution < -0.4 is 4.72 Å². The molecule has 2 rings (SSSR count). The van der Waals surface area contributed by atoms with Gasteiger partial charge in [-0.2, -0.15) is 0 Å². The lowest BCUT2D eigenvalue weighted by Gasteiger charge is -2.15. The van der Waals surface area contributed by atoms with Gasteiger partial charge in [-0.25, -0.2) is 21.6 Å². The van der Waals surface area contributed by atoms with E-state index in [1.807, 2.05) is 6.92 Å². The zero-order chi connectivity index (χ0) is 15.1. The number of hydrogen-bond acceptors (Lipinski definition) is 5. The van der Waals surface area contributed by atoms with Crippen molar-refractivity contribution >= 4 is 19.9 Å². The van der Waals surface area contributed by atoms with Crippen LogP contribution in [0.4, 0.5) is 0 Å². The highest BCUT2D eigenvalue weighted by Gasteiger charge is 2.38. The molecule has 0 aliphatic carbocycles. The van der Waals surface area contributed by atoms with E-state index in [2.05, 4.69) is 4.72 Å². The first-order valence-electron chi connectivity index (χ1n) is 6.09. The molecular formula is C12H17NO5S2. The van der Waals surface area contributed by atoms with Crippen LogP contribution in [0.15, 0.2) is 23.1 Å². The highest BCUT2D eigenvalue weighted by atomic mass is 32.2. The maximum absolute atomic E-state index is 12.2. The Morgan fingerprint density at radius 2 is 1.85 bits per heavy atom. The molecule has 8 heteroatoms. The van der Waals surface area contributed by atoms with Crippen molar-refractivity contribution in [2.24, 2.45) is 0 Å². The standard InChI is InChI=1S/C12H17NO5S2/c1-8-3-4-10(5-9(8)2)20(17,18)13-11-6-19(15,16)7-12(11)14/h3-5,11-14H,6-7H2,1-2H3/t11-,12-/m1/s1. The van der Waals surface area contributed by atoms with Gasteiger partial charge >= 0.3 is 0 Å². The molecule has 0 bridgehead atoms. The summed E-state index contributed by atoms with van der Waals surface area (Å²) in [5, 5.41) is 9.63. The van der Waals surface area contributed by atoms with Crippen molar-refractivity contribution in [2.45, 2.75) is 30.9 Å². The molecule has 112 valence electrons. The Kier molecular flexibility index (Phi) is 3.94. The van der Waals surface area contributed by atoms with Gasteiger partial charge < -0.3 is 5.11 Å². The lowest BCUT2D eigenvalue weighted by molar-refractivity contribution is 0.176. The molecule has 0 radical (unpaired) electrons. The molecule has 1 fully saturated rings. The zero-order valence-electron chi connectivity index (χ0n) is 11.2. The van der Waals surface area contributed by atoms with E-state index in [0.29, 0.717) is 0 Å². The number of benzene rings is 1. The lowest BCUT2D eigenvalue weighted by Crippen LogP contribution is -2.42. The van der Waals surface area contributed by atoms with Crippen molar-refractivity contribution < 1.29 is 21.9 Å². The topological polar surface area (TPSA) is 101 Å². The number of rotatable bonds is 3. The minimum Gasteiger partial charge on any atom is -0.390 e. The summed E-state index contributed by atoms with van der Waals surface area (Å²) in [6, 6.07) is 3.67. The molecule has 1 aliphatic rings. The third-order valence-electron chi connectivity index (χ3n) is 3.42. The van der Waals surface area contributed by atoms with Crippen LogP contribution in [-0.4, -0.2) is 45.6 Å². The van der Waals surface area contributed by atoms with Gasteiger partial charge in [0.25, 0.3) is 0 Å². The van der Waals surface area contributed by atoms with Gasteiger partial charge in [-0.15, -0.1) is 0 Å². The first-order chi connectivity index (χ1) is 9.11. The van der Waals surface area contributed by atoms with Crippen LogP contribution in [0.3, 0.4) is 0 Å². The smallest absolute Gasteiger partial charge is 0.240 e. The molecule has 6 nitrogen and oxygen atoms in total. The lowest BCUT2D eigenvalue weighted by atomic mass is 10.1. The van der Waals surface area contributed by atoms with Crippen molar-refractivity contribution in [3.63, 3.8) is 0 Å². The van der Waals surface area contributed by atoms with Crippen LogP contribution in [-0.2, 0) is 19.9 Å². The van der Waals surface area contributed by atoms with Crippen molar-refractivity contribution in [3.05, 3.63) is 29.3 Å². The van der Waals surface area contributed by atoms with Crippen molar-refractivity contribution in [2.75, 3.05) is 11.5 Å². The summed E-state index contributed by atoms with van der Waals surface area (Å²) in [6.07, 6.45) is -1.21. The fraction of sp³-hybridized carbons (Fsp3) is 0.500. The first kappa shape index (κ1) is 15.4. The van der Waals surface area contributed by atoms with Gasteiger partial charge in [0.05, 0.1) is 28.5 Å². The maximum Gasteiger partial charge on any atom is 0.240 e. The molecule has 2 atom stereocenters. The fourth-order valence-corrected chi connectivity index (χ4v) is 5.29. The summed E-state index contributed by atoms with van der Waals surface area (Å²) in [6.45, 7) is 3.66. The summed E-state index contributed by atoms with van der Waals surface area (Å²) >= 11 is 0. The minimum absolute atomic E-state index is 0.0668. The van der Waals surface area contributed by atoms with Crippen LogP contribution in [0.5, 0.6) is 0 Å². The first-order valence-corrected chi connectivity index (χ1v) is 9.39. The number of sulfonamides is 1. The van der Waals surface area contributed by atoms with Crippen molar-refractivity contribution in [1.82, 2.24) is 4.72 Å². The van der Waals surface area contributed by atoms with Gasteiger partial charge in [0.15, 0.2) is 9.84 Å². The predicted octanol–water partition coefficient (Wildman–Crippen LogP) is -0.260. The molecule has 1 saturated heterocycles. The summed E-state index contributed by atoms with van der Waals surface area (Å²) < 4.78 is 49.4. The quantitative estimate of drug-likeness (QED) is 0.799. The number of aliphatic hydroxyl groups excluding tert-OH is 1. The summed E-state index contributed by atoms with van der Waals surface area (Å²) in [7, 11) is -7.23. The third-order valence-corrected chi connectivity index (χ3v) is 6.62. The van der Waals surface area contributed by atoms with E-state index in [-0.39, 0.29) is 10.6 Å². The van der Waals surface area contributed by atoms with Crippen LogP contribution >= 0.6 is 0 Å². The van der Waals surface area contributed by atoms with Gasteiger partial charge in [-0.05, 0) is 37.1 Å². The highest BCUT2D eigenvalue weighted by molar-refractivity contribution is 7.92. The van der Waals surface area contributed by atoms with E-state index in [1.165, 1.54) is 12.1 Å². The van der Waals surface area contributed by atoms with Gasteiger partial charge in [-0.1, -0.05) is 6.07 Å². The van der Waals surface area contributed by atoms with Gasteiger partial charge in [-0.3, -0.25) is 0 Å². The molecule has 0 aromatic heterocycles. The fourth-order valence-electron chi connectivity index (χ4n) is 2.09. The largest absolute Gasteiger partial charge is 0.390 e. The second kappa shape index (κ2) is 5.10. The van der Waals surface area contributed by atoms with Crippen molar-refractivity contribution in [3.8, 4) is 0 Å². The monoisotopic (exact) mass is 319 g/mol. The normalized spacial score (nSPS) is 25.8. The van der Waals surface area contributed by atoms with E-state index >= 15 is 0 Å². The van der Waals surface area contributed by atoms with Gasteiger partial charge in [0.2, 0.25) is 10.0 Å². The summed E-state index contributed by atoms with van der Waals surface area (Å²) in [4.78, 5) is 0.0668. The Bertz CT molecular complexity index is 724. The molecular weight excluding hydrogens is 302 g/mol. The summed E-state index contributed by atoms with van der Waals surface area (Å²) in [5.41, 5.74) is 1.79. The molecule has 1 heterocycles. The van der Waals surface area contributed by atoms with Crippen LogP contribution in [0.1, 0.15) is 11.1 Å². The third kappa shape index (κ3) is 3.20. The highest BCUT2D eigenvalue weighted by Crippen LogP contribution is 2.18. The average Bonchev–Trinajstić information content (AvgIpc) is 2.54. The van der Waals surface area contributed by atoms with Crippen molar-refractivity contribution in [1.29, 1.82) is 0 Å². The number of aryl methyl sites for hydroxylation is 2. The predicted molar refractivity (Wildman–Crippen MR) is 74.7 cm³/mol. The Morgan fingerprint density at radius 3 is 2.35 bits per heavy atom.